The average molecular weight is 380 g/mol. The van der Waals surface area contributed by atoms with Crippen LogP contribution in [-0.2, 0) is 19.2 Å². The van der Waals surface area contributed by atoms with Crippen molar-refractivity contribution in [3.8, 4) is 0 Å². The fourth-order valence-corrected chi connectivity index (χ4v) is 5.49. The minimum atomic E-state index is -0.557. The van der Waals surface area contributed by atoms with Gasteiger partial charge in [0.2, 0.25) is 23.6 Å². The van der Waals surface area contributed by atoms with Crippen LogP contribution in [0, 0.1) is 49.4 Å². The van der Waals surface area contributed by atoms with E-state index in [0.717, 1.165) is 11.1 Å². The third-order valence-corrected chi connectivity index (χ3v) is 6.98. The van der Waals surface area contributed by atoms with Gasteiger partial charge in [-0.3, -0.25) is 29.0 Å². The maximum absolute atomic E-state index is 13.3. The molecule has 1 saturated carbocycles. The number of nitrogens with zero attached hydrogens (tertiary/aromatic N) is 2. The summed E-state index contributed by atoms with van der Waals surface area (Å²) in [6.07, 6.45) is 3.76. The minimum Gasteiger partial charge on any atom is -0.285 e. The van der Waals surface area contributed by atoms with E-state index < -0.39 is 23.7 Å². The van der Waals surface area contributed by atoms with Crippen LogP contribution in [0.5, 0.6) is 0 Å². The molecule has 5 aliphatic rings. The molecule has 2 saturated heterocycles. The SMILES string of the molecule is C.Cc1ccc(N2C(=O)C3C4C=CC(C5C(=O)N(C)C(=O)C45)C3C2=O)cc1C. The lowest BCUT2D eigenvalue weighted by Gasteiger charge is -2.44. The molecule has 4 amide bonds. The van der Waals surface area contributed by atoms with Gasteiger partial charge in [-0.05, 0) is 37.1 Å². The van der Waals surface area contributed by atoms with Gasteiger partial charge >= 0.3 is 0 Å². The van der Waals surface area contributed by atoms with Gasteiger partial charge in [-0.1, -0.05) is 25.6 Å². The van der Waals surface area contributed by atoms with E-state index in [0.29, 0.717) is 5.69 Å². The first-order valence-electron chi connectivity index (χ1n) is 9.27. The number of hydrogen-bond donors (Lipinski definition) is 0. The normalized spacial score (nSPS) is 35.4. The Labute approximate surface area is 164 Å². The third-order valence-electron chi connectivity index (χ3n) is 6.98. The van der Waals surface area contributed by atoms with Gasteiger partial charge in [-0.15, -0.1) is 0 Å². The summed E-state index contributed by atoms with van der Waals surface area (Å²) in [6.45, 7) is 3.92. The molecule has 6 nitrogen and oxygen atoms in total. The molecule has 2 heterocycles. The number of carbonyl (C=O) groups excluding carboxylic acids is 4. The van der Waals surface area contributed by atoms with Crippen LogP contribution >= 0.6 is 0 Å². The number of aryl methyl sites for hydroxylation is 2. The van der Waals surface area contributed by atoms with Gasteiger partial charge in [-0.2, -0.15) is 0 Å². The molecule has 28 heavy (non-hydrogen) atoms. The predicted octanol–water partition coefficient (Wildman–Crippen LogP) is 2.09. The highest BCUT2D eigenvalue weighted by Crippen LogP contribution is 2.57. The number of allylic oxidation sites excluding steroid dienone is 2. The van der Waals surface area contributed by atoms with Gasteiger partial charge < -0.3 is 0 Å². The number of hydrogen-bond acceptors (Lipinski definition) is 4. The molecule has 6 unspecified atom stereocenters. The lowest BCUT2D eigenvalue weighted by molar-refractivity contribution is -0.138. The molecule has 1 aromatic rings. The topological polar surface area (TPSA) is 74.8 Å². The molecular formula is C22H24N2O4. The molecule has 6 atom stereocenters. The molecule has 6 heteroatoms. The zero-order chi connectivity index (χ0) is 19.2. The second kappa shape index (κ2) is 5.87. The second-order valence-electron chi connectivity index (χ2n) is 8.16. The highest BCUT2D eigenvalue weighted by molar-refractivity contribution is 6.23. The van der Waals surface area contributed by atoms with Crippen LogP contribution in [0.2, 0.25) is 0 Å². The Morgan fingerprint density at radius 1 is 0.714 bits per heavy atom. The van der Waals surface area contributed by atoms with E-state index in [1.165, 1.54) is 16.8 Å². The van der Waals surface area contributed by atoms with Gasteiger partial charge in [0.15, 0.2) is 0 Å². The van der Waals surface area contributed by atoms with E-state index in [-0.39, 0.29) is 42.9 Å². The first-order valence-corrected chi connectivity index (χ1v) is 9.27. The van der Waals surface area contributed by atoms with E-state index in [1.807, 2.05) is 38.1 Å². The molecule has 0 N–H and O–H groups in total. The van der Waals surface area contributed by atoms with E-state index in [9.17, 15) is 19.2 Å². The Bertz CT molecular complexity index is 915. The highest BCUT2D eigenvalue weighted by Gasteiger charge is 2.68. The Morgan fingerprint density at radius 2 is 1.18 bits per heavy atom. The second-order valence-corrected chi connectivity index (χ2v) is 8.16. The summed E-state index contributed by atoms with van der Waals surface area (Å²) in [7, 11) is 1.49. The van der Waals surface area contributed by atoms with Crippen molar-refractivity contribution in [2.24, 2.45) is 35.5 Å². The zero-order valence-electron chi connectivity index (χ0n) is 15.4. The monoisotopic (exact) mass is 380 g/mol. The summed E-state index contributed by atoms with van der Waals surface area (Å²) in [5.74, 6) is -3.89. The number of amides is 4. The molecule has 6 rings (SSSR count). The first kappa shape index (κ1) is 18.6. The standard InChI is InChI=1S/C21H20N2O4.CH4/c1-9-4-5-11(8-10(9)2)23-20(26)16-12-6-7-13(17(16)21(23)27)15-14(12)18(24)22(3)19(15)25;/h4-8,12-17H,1-3H3;1H4. The molecule has 0 spiro atoms. The quantitative estimate of drug-likeness (QED) is 0.552. The Hall–Kier alpha value is -2.76. The molecule has 1 aromatic carbocycles. The number of anilines is 1. The molecule has 3 aliphatic carbocycles. The summed E-state index contributed by atoms with van der Waals surface area (Å²) in [6, 6.07) is 5.54. The van der Waals surface area contributed by atoms with Gasteiger partial charge in [0, 0.05) is 18.9 Å². The maximum atomic E-state index is 13.3. The minimum absolute atomic E-state index is 0. The Kier molecular flexibility index (Phi) is 3.90. The van der Waals surface area contributed by atoms with Crippen LogP contribution in [0.1, 0.15) is 18.6 Å². The van der Waals surface area contributed by atoms with Gasteiger partial charge in [0.05, 0.1) is 29.4 Å². The van der Waals surface area contributed by atoms with E-state index in [4.69, 9.17) is 0 Å². The summed E-state index contributed by atoms with van der Waals surface area (Å²) in [4.78, 5) is 54.2. The maximum Gasteiger partial charge on any atom is 0.238 e. The lowest BCUT2D eigenvalue weighted by atomic mass is 9.54. The smallest absolute Gasteiger partial charge is 0.238 e. The van der Waals surface area contributed by atoms with Gasteiger partial charge in [-0.25, -0.2) is 0 Å². The third kappa shape index (κ3) is 2.03. The number of rotatable bonds is 1. The first-order chi connectivity index (χ1) is 12.8. The predicted molar refractivity (Wildman–Crippen MR) is 103 cm³/mol. The highest BCUT2D eigenvalue weighted by atomic mass is 16.2. The van der Waals surface area contributed by atoms with Crippen LogP contribution in [0.3, 0.4) is 0 Å². The van der Waals surface area contributed by atoms with Crippen LogP contribution in [0.25, 0.3) is 0 Å². The van der Waals surface area contributed by atoms with Crippen molar-refractivity contribution in [1.82, 2.24) is 4.90 Å². The summed E-state index contributed by atoms with van der Waals surface area (Å²) >= 11 is 0. The zero-order valence-corrected chi connectivity index (χ0v) is 15.4. The van der Waals surface area contributed by atoms with Crippen molar-refractivity contribution < 1.29 is 19.2 Å². The van der Waals surface area contributed by atoms with Crippen molar-refractivity contribution in [3.63, 3.8) is 0 Å². The molecular weight excluding hydrogens is 356 g/mol. The number of imide groups is 2. The molecule has 0 aromatic heterocycles. The number of likely N-dealkylation sites (tertiary alicyclic amines) is 1. The van der Waals surface area contributed by atoms with Crippen molar-refractivity contribution in [3.05, 3.63) is 41.5 Å². The van der Waals surface area contributed by atoms with Crippen molar-refractivity contribution >= 4 is 29.3 Å². The van der Waals surface area contributed by atoms with E-state index in [1.54, 1.807) is 6.07 Å². The largest absolute Gasteiger partial charge is 0.285 e. The van der Waals surface area contributed by atoms with Crippen LogP contribution in [-0.4, -0.2) is 35.6 Å². The summed E-state index contributed by atoms with van der Waals surface area (Å²) in [5.41, 5.74) is 2.67. The molecule has 2 aliphatic heterocycles. The lowest BCUT2D eigenvalue weighted by Crippen LogP contribution is -2.50. The van der Waals surface area contributed by atoms with E-state index in [2.05, 4.69) is 0 Å². The number of benzene rings is 1. The van der Waals surface area contributed by atoms with Crippen LogP contribution < -0.4 is 4.90 Å². The van der Waals surface area contributed by atoms with E-state index >= 15 is 0 Å². The fourth-order valence-electron chi connectivity index (χ4n) is 5.49. The van der Waals surface area contributed by atoms with Crippen LogP contribution in [0.4, 0.5) is 5.69 Å². The molecule has 146 valence electrons. The Balaban J connectivity index is 0.00000192. The van der Waals surface area contributed by atoms with Crippen molar-refractivity contribution in [2.75, 3.05) is 11.9 Å². The van der Waals surface area contributed by atoms with Crippen molar-refractivity contribution in [1.29, 1.82) is 0 Å². The summed E-state index contributed by atoms with van der Waals surface area (Å²) < 4.78 is 0. The van der Waals surface area contributed by atoms with Gasteiger partial charge in [0.1, 0.15) is 0 Å². The van der Waals surface area contributed by atoms with Gasteiger partial charge in [0.25, 0.3) is 0 Å². The van der Waals surface area contributed by atoms with Crippen LogP contribution in [0.15, 0.2) is 30.4 Å². The Morgan fingerprint density at radius 3 is 1.64 bits per heavy atom. The molecule has 0 radical (unpaired) electrons. The van der Waals surface area contributed by atoms with Crippen molar-refractivity contribution in [2.45, 2.75) is 21.3 Å². The summed E-state index contributed by atoms with van der Waals surface area (Å²) in [5, 5.41) is 0. The number of carbonyl (C=O) groups is 4. The average Bonchev–Trinajstić information content (AvgIpc) is 3.06. The molecule has 2 bridgehead atoms. The fraction of sp³-hybridized carbons (Fsp3) is 0.455. The molecule has 3 fully saturated rings.